The Morgan fingerprint density at radius 1 is 1.19 bits per heavy atom. The number of ketones is 1. The van der Waals surface area contributed by atoms with Gasteiger partial charge in [-0.05, 0) is 19.3 Å². The van der Waals surface area contributed by atoms with E-state index in [9.17, 15) is 19.8 Å². The van der Waals surface area contributed by atoms with Crippen LogP contribution in [0.25, 0.3) is 0 Å². The molecule has 0 aromatic carbocycles. The van der Waals surface area contributed by atoms with E-state index in [0.29, 0.717) is 0 Å². The van der Waals surface area contributed by atoms with Crippen LogP contribution in [0.1, 0.15) is 84.5 Å². The van der Waals surface area contributed by atoms with Gasteiger partial charge in [-0.15, -0.1) is 0 Å². The number of carbonyl (C=O) groups is 2. The summed E-state index contributed by atoms with van der Waals surface area (Å²) in [5, 5.41) is 23.1. The molecular formula is C22H39NO4. The molecule has 0 aromatic heterocycles. The Morgan fingerprint density at radius 2 is 1.89 bits per heavy atom. The van der Waals surface area contributed by atoms with E-state index >= 15 is 0 Å². The maximum absolute atomic E-state index is 12.2. The maximum Gasteiger partial charge on any atom is 0.216 e. The summed E-state index contributed by atoms with van der Waals surface area (Å²) < 4.78 is 0. The van der Waals surface area contributed by atoms with E-state index in [1.807, 2.05) is 6.08 Å². The zero-order chi connectivity index (χ0) is 20.1. The average Bonchev–Trinajstić information content (AvgIpc) is 2.88. The van der Waals surface area contributed by atoms with Gasteiger partial charge < -0.3 is 15.5 Å². The summed E-state index contributed by atoms with van der Waals surface area (Å²) in [5.74, 6) is -0.0947. The molecule has 3 N–H and O–H groups in total. The van der Waals surface area contributed by atoms with Crippen LogP contribution in [0.4, 0.5) is 0 Å². The minimum absolute atomic E-state index is 0.0166. The van der Waals surface area contributed by atoms with Crippen molar-refractivity contribution in [3.63, 3.8) is 0 Å². The summed E-state index contributed by atoms with van der Waals surface area (Å²) in [5.41, 5.74) is 0. The minimum atomic E-state index is -0.612. The third kappa shape index (κ3) is 10.1. The third-order valence-electron chi connectivity index (χ3n) is 5.46. The van der Waals surface area contributed by atoms with Gasteiger partial charge in [0.15, 0.2) is 0 Å². The predicted octanol–water partition coefficient (Wildman–Crippen LogP) is 3.53. The fraction of sp³-hybridized carbons (Fsp3) is 0.818. The van der Waals surface area contributed by atoms with E-state index in [4.69, 9.17) is 0 Å². The highest BCUT2D eigenvalue weighted by molar-refractivity contribution is 5.84. The fourth-order valence-electron chi connectivity index (χ4n) is 3.83. The first-order valence-electron chi connectivity index (χ1n) is 10.8. The number of nitrogens with one attached hydrogen (secondary N) is 1. The molecule has 1 amide bonds. The number of unbranched alkanes of at least 4 members (excludes halogenated alkanes) is 6. The lowest BCUT2D eigenvalue weighted by molar-refractivity contribution is -0.121. The molecule has 1 aliphatic rings. The molecule has 1 fully saturated rings. The van der Waals surface area contributed by atoms with Crippen LogP contribution in [0.15, 0.2) is 12.2 Å². The molecule has 0 spiro atoms. The number of aliphatic hydroxyl groups excluding tert-OH is 2. The van der Waals surface area contributed by atoms with Gasteiger partial charge in [0.1, 0.15) is 5.78 Å². The van der Waals surface area contributed by atoms with Crippen molar-refractivity contribution in [2.75, 3.05) is 6.54 Å². The predicted molar refractivity (Wildman–Crippen MR) is 108 cm³/mol. The van der Waals surface area contributed by atoms with Crippen molar-refractivity contribution in [1.29, 1.82) is 0 Å². The summed E-state index contributed by atoms with van der Waals surface area (Å²) in [6.45, 7) is 4.40. The van der Waals surface area contributed by atoms with Gasteiger partial charge in [-0.1, -0.05) is 64.0 Å². The Hall–Kier alpha value is -1.20. The van der Waals surface area contributed by atoms with Crippen molar-refractivity contribution in [3.05, 3.63) is 12.2 Å². The molecule has 5 nitrogen and oxygen atoms in total. The topological polar surface area (TPSA) is 86.6 Å². The van der Waals surface area contributed by atoms with Gasteiger partial charge in [0.2, 0.25) is 5.91 Å². The first kappa shape index (κ1) is 23.8. The lowest BCUT2D eigenvalue weighted by atomic mass is 9.88. The molecule has 0 bridgehead atoms. The monoisotopic (exact) mass is 381 g/mol. The van der Waals surface area contributed by atoms with Crippen LogP contribution in [0.5, 0.6) is 0 Å². The SMILES string of the molecule is CCCCC[C@H](O)/C=C/[C@H]1[C@H](O)CC(=O)[C@@H]1CCCCCCCNC(C)=O. The lowest BCUT2D eigenvalue weighted by Gasteiger charge is -2.18. The normalized spacial score (nSPS) is 23.9. The van der Waals surface area contributed by atoms with Gasteiger partial charge in [-0.2, -0.15) is 0 Å². The molecule has 156 valence electrons. The molecule has 4 atom stereocenters. The van der Waals surface area contributed by atoms with Crippen LogP contribution in [-0.2, 0) is 9.59 Å². The number of hydrogen-bond donors (Lipinski definition) is 3. The molecule has 0 heterocycles. The average molecular weight is 382 g/mol. The number of carbonyl (C=O) groups excluding carboxylic acids is 2. The second kappa shape index (κ2) is 13.9. The first-order valence-corrected chi connectivity index (χ1v) is 10.8. The molecule has 0 saturated heterocycles. The molecule has 5 heteroatoms. The van der Waals surface area contributed by atoms with E-state index in [-0.39, 0.29) is 29.9 Å². The summed E-state index contributed by atoms with van der Waals surface area (Å²) in [7, 11) is 0. The second-order valence-electron chi connectivity index (χ2n) is 7.91. The lowest BCUT2D eigenvalue weighted by Crippen LogP contribution is -2.20. The molecular weight excluding hydrogens is 342 g/mol. The highest BCUT2D eigenvalue weighted by Gasteiger charge is 2.39. The standard InChI is InChI=1S/C22H39NO4/c1-3-4-8-11-18(25)13-14-20-19(21(26)16-22(20)27)12-9-6-5-7-10-15-23-17(2)24/h13-14,18-20,22,25,27H,3-12,15-16H2,1-2H3,(H,23,24)/b14-13+/t18-,19+,20+,22+/m0/s1. The van der Waals surface area contributed by atoms with E-state index in [1.54, 1.807) is 6.08 Å². The van der Waals surface area contributed by atoms with Crippen molar-refractivity contribution < 1.29 is 19.8 Å². The zero-order valence-electron chi connectivity index (χ0n) is 17.2. The van der Waals surface area contributed by atoms with Crippen LogP contribution in [-0.4, -0.2) is 40.7 Å². The van der Waals surface area contributed by atoms with E-state index in [0.717, 1.165) is 70.8 Å². The highest BCUT2D eigenvalue weighted by atomic mass is 16.3. The molecule has 0 aliphatic heterocycles. The van der Waals surface area contributed by atoms with Crippen molar-refractivity contribution >= 4 is 11.7 Å². The van der Waals surface area contributed by atoms with E-state index < -0.39 is 12.2 Å². The van der Waals surface area contributed by atoms with Crippen molar-refractivity contribution in [1.82, 2.24) is 5.32 Å². The highest BCUT2D eigenvalue weighted by Crippen LogP contribution is 2.34. The number of Topliss-reactive ketones (excluding diaryl/α,β-unsaturated/α-hetero) is 1. The number of rotatable bonds is 14. The summed E-state index contributed by atoms with van der Waals surface area (Å²) >= 11 is 0. The Labute approximate surface area is 164 Å². The summed E-state index contributed by atoms with van der Waals surface area (Å²) in [4.78, 5) is 23.0. The van der Waals surface area contributed by atoms with Crippen molar-refractivity contribution in [2.45, 2.75) is 96.7 Å². The number of hydrogen-bond acceptors (Lipinski definition) is 4. The molecule has 0 radical (unpaired) electrons. The van der Waals surface area contributed by atoms with Crippen LogP contribution >= 0.6 is 0 Å². The van der Waals surface area contributed by atoms with Gasteiger partial charge >= 0.3 is 0 Å². The number of amides is 1. The quantitative estimate of drug-likeness (QED) is 0.317. The van der Waals surface area contributed by atoms with Crippen LogP contribution < -0.4 is 5.32 Å². The summed E-state index contributed by atoms with van der Waals surface area (Å²) in [6, 6.07) is 0. The van der Waals surface area contributed by atoms with E-state index in [2.05, 4.69) is 12.2 Å². The van der Waals surface area contributed by atoms with Crippen molar-refractivity contribution in [3.8, 4) is 0 Å². The van der Waals surface area contributed by atoms with Crippen LogP contribution in [0.3, 0.4) is 0 Å². The molecule has 1 aliphatic carbocycles. The Morgan fingerprint density at radius 3 is 2.59 bits per heavy atom. The van der Waals surface area contributed by atoms with Gasteiger partial charge in [-0.25, -0.2) is 0 Å². The van der Waals surface area contributed by atoms with Crippen LogP contribution in [0.2, 0.25) is 0 Å². The van der Waals surface area contributed by atoms with Crippen molar-refractivity contribution in [2.24, 2.45) is 11.8 Å². The second-order valence-corrected chi connectivity index (χ2v) is 7.91. The summed E-state index contributed by atoms with van der Waals surface area (Å²) in [6.07, 6.45) is 12.8. The smallest absolute Gasteiger partial charge is 0.216 e. The van der Waals surface area contributed by atoms with Gasteiger partial charge in [0.25, 0.3) is 0 Å². The number of aliphatic hydroxyl groups is 2. The minimum Gasteiger partial charge on any atom is -0.392 e. The third-order valence-corrected chi connectivity index (χ3v) is 5.46. The molecule has 0 unspecified atom stereocenters. The van der Waals surface area contributed by atoms with Gasteiger partial charge in [0, 0.05) is 31.7 Å². The maximum atomic E-state index is 12.2. The molecule has 27 heavy (non-hydrogen) atoms. The van der Waals surface area contributed by atoms with Gasteiger partial charge in [0.05, 0.1) is 12.2 Å². The van der Waals surface area contributed by atoms with Crippen LogP contribution in [0, 0.1) is 11.8 Å². The zero-order valence-corrected chi connectivity index (χ0v) is 17.2. The fourth-order valence-corrected chi connectivity index (χ4v) is 3.83. The first-order chi connectivity index (χ1) is 13.0. The molecule has 0 aromatic rings. The Bertz CT molecular complexity index is 463. The molecule has 1 saturated carbocycles. The Balaban J connectivity index is 2.30. The largest absolute Gasteiger partial charge is 0.392 e. The van der Waals surface area contributed by atoms with Gasteiger partial charge in [-0.3, -0.25) is 9.59 Å². The molecule has 1 rings (SSSR count). The van der Waals surface area contributed by atoms with E-state index in [1.165, 1.54) is 6.92 Å². The Kier molecular flexibility index (Phi) is 12.3.